The third-order valence-electron chi connectivity index (χ3n) is 4.05. The number of hydrogen-bond donors (Lipinski definition) is 0. The van der Waals surface area contributed by atoms with Crippen LogP contribution in [0.1, 0.15) is 11.1 Å². The number of thiophene rings is 1. The van der Waals surface area contributed by atoms with E-state index in [0.717, 1.165) is 0 Å². The van der Waals surface area contributed by atoms with E-state index in [-0.39, 0.29) is 0 Å². The van der Waals surface area contributed by atoms with Crippen molar-refractivity contribution in [1.82, 2.24) is 0 Å². The van der Waals surface area contributed by atoms with Crippen molar-refractivity contribution in [3.63, 3.8) is 0 Å². The Morgan fingerprint density at radius 3 is 2.38 bits per heavy atom. The first-order valence-corrected chi connectivity index (χ1v) is 8.03. The summed E-state index contributed by atoms with van der Waals surface area (Å²) < 4.78 is 2.78. The van der Waals surface area contributed by atoms with Crippen LogP contribution < -0.4 is 0 Å². The summed E-state index contributed by atoms with van der Waals surface area (Å²) in [4.78, 5) is 0. The maximum absolute atomic E-state index is 2.34. The van der Waals surface area contributed by atoms with Gasteiger partial charge in [0.15, 0.2) is 0 Å². The molecule has 1 aromatic heterocycles. The second-order valence-corrected chi connectivity index (χ2v) is 6.69. The molecule has 0 radical (unpaired) electrons. The van der Waals surface area contributed by atoms with Crippen LogP contribution in [0.2, 0.25) is 0 Å². The Morgan fingerprint density at radius 2 is 1.52 bits per heavy atom. The van der Waals surface area contributed by atoms with Gasteiger partial charge in [-0.05, 0) is 42.7 Å². The fourth-order valence-electron chi connectivity index (χ4n) is 2.94. The smallest absolute Gasteiger partial charge is 0.0384 e. The van der Waals surface area contributed by atoms with Crippen LogP contribution in [-0.4, -0.2) is 0 Å². The molecule has 0 amide bonds. The van der Waals surface area contributed by atoms with E-state index < -0.39 is 0 Å². The molecule has 1 heteroatoms. The van der Waals surface area contributed by atoms with E-state index in [4.69, 9.17) is 0 Å². The molecule has 0 fully saturated rings. The van der Waals surface area contributed by atoms with Crippen molar-refractivity contribution >= 4 is 31.5 Å². The molecule has 3 aromatic carbocycles. The minimum absolute atomic E-state index is 1.30. The molecule has 0 aliphatic rings. The van der Waals surface area contributed by atoms with E-state index in [1.54, 1.807) is 0 Å². The Kier molecular flexibility index (Phi) is 2.83. The summed E-state index contributed by atoms with van der Waals surface area (Å²) in [5, 5.41) is 2.75. The molecule has 0 bridgehead atoms. The van der Waals surface area contributed by atoms with E-state index in [9.17, 15) is 0 Å². The first-order chi connectivity index (χ1) is 10.2. The summed E-state index contributed by atoms with van der Waals surface area (Å²) in [6.07, 6.45) is 0. The molecule has 0 N–H and O–H groups in total. The van der Waals surface area contributed by atoms with Crippen molar-refractivity contribution in [2.45, 2.75) is 13.8 Å². The molecular weight excluding hydrogens is 272 g/mol. The third kappa shape index (κ3) is 2.05. The average Bonchev–Trinajstić information content (AvgIpc) is 2.87. The summed E-state index contributed by atoms with van der Waals surface area (Å²) >= 11 is 1.90. The van der Waals surface area contributed by atoms with Gasteiger partial charge in [-0.25, -0.2) is 0 Å². The van der Waals surface area contributed by atoms with Crippen LogP contribution in [0.25, 0.3) is 31.3 Å². The Balaban J connectivity index is 2.01. The van der Waals surface area contributed by atoms with Crippen LogP contribution >= 0.6 is 11.3 Å². The van der Waals surface area contributed by atoms with Crippen LogP contribution in [0.4, 0.5) is 0 Å². The molecule has 102 valence electrons. The molecule has 0 saturated heterocycles. The van der Waals surface area contributed by atoms with Gasteiger partial charge in [-0.2, -0.15) is 0 Å². The van der Waals surface area contributed by atoms with Crippen LogP contribution in [0.3, 0.4) is 0 Å². The van der Waals surface area contributed by atoms with Gasteiger partial charge in [0.25, 0.3) is 0 Å². The summed E-state index contributed by atoms with van der Waals surface area (Å²) in [6, 6.07) is 22.1. The van der Waals surface area contributed by atoms with Crippen LogP contribution in [-0.2, 0) is 0 Å². The number of benzene rings is 3. The highest BCUT2D eigenvalue weighted by Crippen LogP contribution is 2.37. The van der Waals surface area contributed by atoms with Crippen LogP contribution in [0.15, 0.2) is 60.7 Å². The Hall–Kier alpha value is -2.12. The second kappa shape index (κ2) is 4.71. The molecule has 0 unspecified atom stereocenters. The highest BCUT2D eigenvalue weighted by atomic mass is 32.1. The first kappa shape index (κ1) is 12.6. The predicted molar refractivity (Wildman–Crippen MR) is 94.2 cm³/mol. The van der Waals surface area contributed by atoms with Crippen molar-refractivity contribution in [2.75, 3.05) is 0 Å². The second-order valence-electron chi connectivity index (χ2n) is 5.63. The van der Waals surface area contributed by atoms with Crippen LogP contribution in [0.5, 0.6) is 0 Å². The van der Waals surface area contributed by atoms with E-state index in [0.29, 0.717) is 0 Å². The largest absolute Gasteiger partial charge is 0.135 e. The lowest BCUT2D eigenvalue weighted by Gasteiger charge is -2.03. The lowest BCUT2D eigenvalue weighted by molar-refractivity contribution is 1.47. The number of hydrogen-bond acceptors (Lipinski definition) is 1. The zero-order chi connectivity index (χ0) is 14.4. The zero-order valence-corrected chi connectivity index (χ0v) is 13.0. The van der Waals surface area contributed by atoms with Gasteiger partial charge in [0.2, 0.25) is 0 Å². The van der Waals surface area contributed by atoms with Crippen molar-refractivity contribution in [3.8, 4) is 11.1 Å². The van der Waals surface area contributed by atoms with Crippen molar-refractivity contribution in [1.29, 1.82) is 0 Å². The molecule has 4 aromatic rings. The van der Waals surface area contributed by atoms with E-state index in [1.807, 2.05) is 11.3 Å². The molecule has 0 saturated carbocycles. The van der Waals surface area contributed by atoms with Crippen molar-refractivity contribution in [2.24, 2.45) is 0 Å². The molecular formula is C20H16S. The van der Waals surface area contributed by atoms with Gasteiger partial charge in [0.05, 0.1) is 0 Å². The number of fused-ring (bicyclic) bond motifs is 3. The van der Waals surface area contributed by atoms with Crippen LogP contribution in [0, 0.1) is 13.8 Å². The van der Waals surface area contributed by atoms with Gasteiger partial charge in [0, 0.05) is 20.2 Å². The molecule has 0 aliphatic carbocycles. The molecule has 0 atom stereocenters. The van der Waals surface area contributed by atoms with E-state index >= 15 is 0 Å². The number of aryl methyl sites for hydroxylation is 2. The van der Waals surface area contributed by atoms with Crippen molar-refractivity contribution < 1.29 is 0 Å². The SMILES string of the molecule is Cc1cccc(-c2ccc3sc4c(C)cccc4c3c2)c1. The van der Waals surface area contributed by atoms with Crippen molar-refractivity contribution in [3.05, 3.63) is 71.8 Å². The Bertz CT molecular complexity index is 960. The van der Waals surface area contributed by atoms with Gasteiger partial charge in [-0.1, -0.05) is 54.1 Å². The monoisotopic (exact) mass is 288 g/mol. The van der Waals surface area contributed by atoms with Gasteiger partial charge in [-0.15, -0.1) is 11.3 Å². The molecule has 0 aliphatic heterocycles. The predicted octanol–water partition coefficient (Wildman–Crippen LogP) is 6.34. The Morgan fingerprint density at radius 1 is 0.714 bits per heavy atom. The maximum atomic E-state index is 2.34. The molecule has 0 spiro atoms. The van der Waals surface area contributed by atoms with E-state index in [1.165, 1.54) is 42.4 Å². The van der Waals surface area contributed by atoms with Gasteiger partial charge in [-0.3, -0.25) is 0 Å². The number of rotatable bonds is 1. The summed E-state index contributed by atoms with van der Waals surface area (Å²) in [5.41, 5.74) is 5.26. The fraction of sp³-hybridized carbons (Fsp3) is 0.100. The molecule has 0 nitrogen and oxygen atoms in total. The molecule has 1 heterocycles. The average molecular weight is 288 g/mol. The zero-order valence-electron chi connectivity index (χ0n) is 12.2. The van der Waals surface area contributed by atoms with Gasteiger partial charge < -0.3 is 0 Å². The normalized spacial score (nSPS) is 11.3. The highest BCUT2D eigenvalue weighted by molar-refractivity contribution is 7.26. The summed E-state index contributed by atoms with van der Waals surface area (Å²) in [7, 11) is 0. The molecule has 4 rings (SSSR count). The lowest BCUT2D eigenvalue weighted by atomic mass is 10.0. The maximum Gasteiger partial charge on any atom is 0.0384 e. The minimum Gasteiger partial charge on any atom is -0.135 e. The van der Waals surface area contributed by atoms with Gasteiger partial charge >= 0.3 is 0 Å². The molecule has 21 heavy (non-hydrogen) atoms. The topological polar surface area (TPSA) is 0 Å². The Labute approximate surface area is 128 Å². The summed E-state index contributed by atoms with van der Waals surface area (Å²) in [5.74, 6) is 0. The third-order valence-corrected chi connectivity index (χ3v) is 5.37. The standard InChI is InChI=1S/C20H16S/c1-13-5-3-7-15(11-13)16-9-10-19-18(12-16)17-8-4-6-14(2)20(17)21-19/h3-12H,1-2H3. The summed E-state index contributed by atoms with van der Waals surface area (Å²) in [6.45, 7) is 4.34. The fourth-order valence-corrected chi connectivity index (χ4v) is 4.10. The first-order valence-electron chi connectivity index (χ1n) is 7.21. The van der Waals surface area contributed by atoms with E-state index in [2.05, 4.69) is 74.5 Å². The lowest BCUT2D eigenvalue weighted by Crippen LogP contribution is -1.79. The highest BCUT2D eigenvalue weighted by Gasteiger charge is 2.08. The minimum atomic E-state index is 1.30. The quantitative estimate of drug-likeness (QED) is 0.383. The van der Waals surface area contributed by atoms with Gasteiger partial charge in [0.1, 0.15) is 0 Å².